The third kappa shape index (κ3) is 18.1. The van der Waals surface area contributed by atoms with E-state index in [4.69, 9.17) is 48.9 Å². The number of phosphoric acid groups is 2. The highest BCUT2D eigenvalue weighted by Gasteiger charge is 2.55. The van der Waals surface area contributed by atoms with E-state index in [1.807, 2.05) is 0 Å². The molecule has 5 aromatic rings. The number of imidazole rings is 2. The number of carbonyl (C=O) groups is 7. The summed E-state index contributed by atoms with van der Waals surface area (Å²) in [6.45, 7) is 1.94. The van der Waals surface area contributed by atoms with Crippen LogP contribution in [0.15, 0.2) is 49.6 Å². The van der Waals surface area contributed by atoms with Gasteiger partial charge in [-0.2, -0.15) is 0 Å². The van der Waals surface area contributed by atoms with Gasteiger partial charge in [0.15, 0.2) is 59.0 Å². The highest BCUT2D eigenvalue weighted by atomic mass is 31.2. The van der Waals surface area contributed by atoms with Gasteiger partial charge in [0, 0.05) is 57.0 Å². The Kier molecular flexibility index (Phi) is 23.0. The molecule has 0 saturated carbocycles. The first-order valence-corrected chi connectivity index (χ1v) is 31.2. The van der Waals surface area contributed by atoms with Crippen molar-refractivity contribution in [3.63, 3.8) is 0 Å². The number of fused-ring (bicyclic) bond motifs is 4. The van der Waals surface area contributed by atoms with E-state index >= 15 is 8.78 Å². The number of halogens is 2. The van der Waals surface area contributed by atoms with Crippen molar-refractivity contribution in [2.75, 3.05) is 55.8 Å². The van der Waals surface area contributed by atoms with Crippen molar-refractivity contribution in [1.82, 2.24) is 60.3 Å². The summed E-state index contributed by atoms with van der Waals surface area (Å²) in [5.74, 6) is -5.53. The number of carbonyl (C=O) groups excluding carboxylic acids is 6. The molecule has 0 aliphatic carbocycles. The number of hydrogen-bond acceptors (Lipinski definition) is 25. The fourth-order valence-corrected chi connectivity index (χ4v) is 11.7. The van der Waals surface area contributed by atoms with E-state index in [2.05, 4.69) is 61.8 Å². The maximum Gasteiger partial charge on any atom is 0.472 e. The van der Waals surface area contributed by atoms with E-state index in [9.17, 15) is 57.6 Å². The molecule has 0 bridgehead atoms. The van der Waals surface area contributed by atoms with Crippen LogP contribution in [0.25, 0.3) is 22.3 Å². The number of nitrogens with two attached hydrogens (primary N) is 2. The van der Waals surface area contributed by atoms with E-state index in [1.54, 1.807) is 26.0 Å². The van der Waals surface area contributed by atoms with Crippen molar-refractivity contribution >= 4 is 96.9 Å². The zero-order valence-corrected chi connectivity index (χ0v) is 50.6. The minimum Gasteiger partial charge on any atom is -0.481 e. The van der Waals surface area contributed by atoms with Crippen LogP contribution in [-0.4, -0.2) is 189 Å². The lowest BCUT2D eigenvalue weighted by atomic mass is 9.89. The number of primary amides is 1. The van der Waals surface area contributed by atoms with Gasteiger partial charge in [-0.05, 0) is 36.5 Å². The summed E-state index contributed by atoms with van der Waals surface area (Å²) in [7, 11) is -10.6. The van der Waals surface area contributed by atoms with Gasteiger partial charge in [-0.15, -0.1) is 0 Å². The van der Waals surface area contributed by atoms with E-state index in [0.29, 0.717) is 11.3 Å². The zero-order valence-electron chi connectivity index (χ0n) is 48.8. The quantitative estimate of drug-likeness (QED) is 0.0273. The molecule has 91 heavy (non-hydrogen) atoms. The number of rotatable bonds is 26. The monoisotopic (exact) mass is 1320 g/mol. The number of Topliss-reactive ketones (excluding diaryl/α,β-unsaturated/α-hetero) is 1. The number of phosphoric ester groups is 2. The van der Waals surface area contributed by atoms with Crippen LogP contribution in [0.1, 0.15) is 70.9 Å². The van der Waals surface area contributed by atoms with E-state index in [1.165, 1.54) is 19.1 Å². The number of carboxylic acids is 1. The van der Waals surface area contributed by atoms with Gasteiger partial charge in [-0.25, -0.2) is 57.4 Å². The van der Waals surface area contributed by atoms with Crippen LogP contribution < -0.4 is 43.4 Å². The molecular formula is C51H68F2N16O20P2. The molecule has 7 heterocycles. The molecule has 3 aliphatic rings. The Labute approximate surface area is 514 Å². The van der Waals surface area contributed by atoms with Gasteiger partial charge in [0.1, 0.15) is 49.2 Å². The molecule has 1 aromatic carbocycles. The number of ether oxygens (including phenoxy) is 3. The van der Waals surface area contributed by atoms with Gasteiger partial charge in [-0.3, -0.25) is 51.2 Å². The molecule has 6 amide bonds. The first-order valence-electron chi connectivity index (χ1n) is 28.3. The maximum absolute atomic E-state index is 16.6. The highest BCUT2D eigenvalue weighted by Crippen LogP contribution is 2.54. The number of alkyl halides is 2. The molecule has 8 rings (SSSR count). The summed E-state index contributed by atoms with van der Waals surface area (Å²) in [6, 6.07) is 4.39. The van der Waals surface area contributed by atoms with Crippen molar-refractivity contribution in [2.45, 2.75) is 121 Å². The minimum atomic E-state index is -5.30. The molecule has 36 nitrogen and oxygen atoms in total. The maximum atomic E-state index is 16.6. The summed E-state index contributed by atoms with van der Waals surface area (Å²) >= 11 is 0. The number of aromatic nitrogens is 8. The minimum absolute atomic E-state index is 0.00912. The van der Waals surface area contributed by atoms with Crippen LogP contribution >= 0.6 is 15.6 Å². The molecule has 3 saturated heterocycles. The average Bonchev–Trinajstić information content (AvgIpc) is 1.66. The number of nitrogen functional groups attached to an aromatic ring is 1. The number of nitrogens with one attached hydrogen (secondary N) is 6. The molecule has 3 fully saturated rings. The summed E-state index contributed by atoms with van der Waals surface area (Å²) in [4.78, 5) is 133. The number of anilines is 3. The lowest BCUT2D eigenvalue weighted by molar-refractivity contribution is -0.143. The number of alkyl carbamates (subject to hydrolysis) is 1. The summed E-state index contributed by atoms with van der Waals surface area (Å²) < 4.78 is 99.2. The second-order valence-electron chi connectivity index (χ2n) is 21.6. The molecule has 4 aromatic heterocycles. The number of benzene rings is 1. The molecule has 14 N–H and O–H groups in total. The fraction of sp³-hybridized carbons (Fsp3) is 0.549. The Balaban J connectivity index is 0.800. The number of carboxylic acid groups (broad SMARTS) is 1. The van der Waals surface area contributed by atoms with Gasteiger partial charge in [0.05, 0.1) is 43.9 Å². The average molecular weight is 1330 g/mol. The smallest absolute Gasteiger partial charge is 0.472 e. The molecule has 14 atom stereocenters. The van der Waals surface area contributed by atoms with Gasteiger partial charge in [0.2, 0.25) is 17.7 Å². The normalized spacial score (nSPS) is 25.5. The number of aliphatic hydroxyl groups is 1. The highest BCUT2D eigenvalue weighted by molar-refractivity contribution is 7.47. The fourth-order valence-electron chi connectivity index (χ4n) is 9.77. The lowest BCUT2D eigenvalue weighted by Crippen LogP contribution is -2.46. The topological polar surface area (TPSA) is 511 Å². The van der Waals surface area contributed by atoms with Crippen molar-refractivity contribution in [3.05, 3.63) is 55.1 Å². The molecule has 0 spiro atoms. The Morgan fingerprint density at radius 2 is 1.36 bits per heavy atom. The molecule has 3 aliphatic heterocycles. The van der Waals surface area contributed by atoms with Crippen LogP contribution in [0.2, 0.25) is 0 Å². The summed E-state index contributed by atoms with van der Waals surface area (Å²) in [5, 5.41) is 35.4. The third-order valence-corrected chi connectivity index (χ3v) is 16.5. The Hall–Kier alpha value is -8.03. The van der Waals surface area contributed by atoms with Crippen molar-refractivity contribution in [1.29, 1.82) is 0 Å². The molecular weight excluding hydrogens is 1260 g/mol. The molecule has 0 radical (unpaired) electrons. The van der Waals surface area contributed by atoms with Crippen molar-refractivity contribution in [3.8, 4) is 0 Å². The number of aliphatic hydroxyl groups excluding tert-OH is 1. The van der Waals surface area contributed by atoms with Crippen LogP contribution in [0.3, 0.4) is 0 Å². The van der Waals surface area contributed by atoms with Crippen LogP contribution in [0, 0.1) is 17.8 Å². The van der Waals surface area contributed by atoms with Gasteiger partial charge in [-0.1, -0.05) is 32.9 Å². The second-order valence-corrected chi connectivity index (χ2v) is 24.4. The largest absolute Gasteiger partial charge is 0.481 e. The number of urea groups is 1. The first kappa shape index (κ1) is 68.9. The summed E-state index contributed by atoms with van der Waals surface area (Å²) in [6.07, 6.45) is -13.7. The Morgan fingerprint density at radius 3 is 1.96 bits per heavy atom. The number of ketones is 1. The van der Waals surface area contributed by atoms with Crippen molar-refractivity contribution < 1.29 is 104 Å². The van der Waals surface area contributed by atoms with E-state index < -0.39 is 150 Å². The van der Waals surface area contributed by atoms with Gasteiger partial charge < -0.3 is 77.6 Å². The Morgan fingerprint density at radius 1 is 0.769 bits per heavy atom. The van der Waals surface area contributed by atoms with Crippen LogP contribution in [0.5, 0.6) is 0 Å². The SMILES string of the molecule is CC(CC(=O)NCCC(=O)N[C@H](C(=O)C[C@@H](CCCNC(N)=O)C(=O)Nc1ccc(COC(=O)NCC(O)CNc2ncnc3c2ncn3[C@@H]2O[C@@H]3COP(=O)(O)O[C@H]4[C@@H](F)[C@H](n5cnc6c(N)ncnc65)O[C@@H]4COP(=O)(O)O[C@H]3[C@H]2F)cc1)C(C)C)C(=O)O. The second kappa shape index (κ2) is 30.4. The zero-order chi connectivity index (χ0) is 65.9. The van der Waals surface area contributed by atoms with Gasteiger partial charge >= 0.3 is 33.7 Å². The van der Waals surface area contributed by atoms with E-state index in [0.717, 1.165) is 34.4 Å². The standard InChI is InChI=1S/C51H68F2N16O20P2/c1-24(2)37(67-33(72)10-12-56-34(73)13-25(3)49(75)76)30(71)14-27(5-4-11-57-50(55)77)46(74)66-28-8-6-26(7-9-28)17-83-51(78)59-16-29(70)15-58-43-39-45(63-21-61-43)69(23-65-39)48-36(53)41-32(87-48)19-85-90(79,80)88-40-31(18-84-91(81,82)89-41)86-47(35(40)52)68-22-64-38-42(54)60-20-62-44(38)68/h6-9,20-25,27,29,31-32,35-37,40-41,47-48,70H,4-5,10-19H2,1-3H3,(H,56,73)(H,59,78)(H,66,74)(H,67,72)(H,75,76)(H,79,80)(H,81,82)(H2,54,60,62)(H3,55,57,77)(H,58,61,63)/t25?,27-,29?,31-,32-,35-,36-,37+,40-,41-,47-,48-/m1/s1. The number of hydrogen-bond donors (Lipinski definition) is 12. The third-order valence-electron chi connectivity index (χ3n) is 14.5. The Bertz CT molecular complexity index is 3540. The molecule has 4 unspecified atom stereocenters. The lowest BCUT2D eigenvalue weighted by Gasteiger charge is -2.27. The van der Waals surface area contributed by atoms with E-state index in [-0.39, 0.29) is 98.9 Å². The first-order chi connectivity index (χ1) is 43.2. The molecule has 496 valence electrons. The van der Waals surface area contributed by atoms with Crippen molar-refractivity contribution in [2.24, 2.45) is 23.5 Å². The predicted molar refractivity (Wildman–Crippen MR) is 307 cm³/mol. The van der Waals surface area contributed by atoms with Crippen LogP contribution in [0.4, 0.5) is 35.7 Å². The number of nitrogens with zero attached hydrogens (tertiary/aromatic N) is 8. The summed E-state index contributed by atoms with van der Waals surface area (Å²) in [5.41, 5.74) is 11.9. The number of aliphatic carboxylic acids is 1. The van der Waals surface area contributed by atoms with Gasteiger partial charge in [0.25, 0.3) is 0 Å². The molecule has 40 heteroatoms. The number of amides is 6. The predicted octanol–water partition coefficient (Wildman–Crippen LogP) is 1.16. The van der Waals surface area contributed by atoms with Crippen LogP contribution in [-0.2, 0) is 72.0 Å².